The van der Waals surface area contributed by atoms with Crippen molar-refractivity contribution in [2.24, 2.45) is 0 Å². The summed E-state index contributed by atoms with van der Waals surface area (Å²) in [5.41, 5.74) is 0.812. The van der Waals surface area contributed by atoms with E-state index in [4.69, 9.17) is 58.0 Å². The van der Waals surface area contributed by atoms with Gasteiger partial charge in [0, 0.05) is 0 Å². The SMILES string of the molecule is CCP(CC)CCc1c(Cl)c(Cl)c(Cl)c(Cl)c1Cl. The van der Waals surface area contributed by atoms with E-state index >= 15 is 0 Å². The van der Waals surface area contributed by atoms with E-state index in [-0.39, 0.29) is 12.9 Å². The average Bonchev–Trinajstić information content (AvgIpc) is 2.38. The van der Waals surface area contributed by atoms with Gasteiger partial charge in [-0.05, 0) is 30.5 Å². The molecule has 0 saturated carbocycles. The van der Waals surface area contributed by atoms with Crippen molar-refractivity contribution in [3.05, 3.63) is 30.7 Å². The fraction of sp³-hybridized carbons (Fsp3) is 0.500. The summed E-state index contributed by atoms with van der Waals surface area (Å²) < 4.78 is 0. The van der Waals surface area contributed by atoms with Crippen molar-refractivity contribution in [2.75, 3.05) is 18.5 Å². The van der Waals surface area contributed by atoms with Crippen LogP contribution in [0.2, 0.25) is 25.1 Å². The first-order valence-electron chi connectivity index (χ1n) is 5.66. The standard InChI is InChI=1S/C12H14Cl5P/c1-3-18(4-2)6-5-7-8(13)10(15)12(17)11(16)9(7)14/h3-6H2,1-2H3. The Morgan fingerprint density at radius 3 is 1.50 bits per heavy atom. The molecule has 1 rings (SSSR count). The molecule has 0 aliphatic heterocycles. The van der Waals surface area contributed by atoms with Crippen LogP contribution in [-0.2, 0) is 6.42 Å². The van der Waals surface area contributed by atoms with Gasteiger partial charge >= 0.3 is 0 Å². The molecule has 1 aromatic rings. The summed E-state index contributed by atoms with van der Waals surface area (Å²) >= 11 is 30.4. The van der Waals surface area contributed by atoms with Crippen LogP contribution in [0.1, 0.15) is 19.4 Å². The predicted molar refractivity (Wildman–Crippen MR) is 88.1 cm³/mol. The Morgan fingerprint density at radius 1 is 0.722 bits per heavy atom. The van der Waals surface area contributed by atoms with Gasteiger partial charge in [-0.25, -0.2) is 0 Å². The van der Waals surface area contributed by atoms with Crippen LogP contribution in [0.3, 0.4) is 0 Å². The highest BCUT2D eigenvalue weighted by atomic mass is 35.5. The first-order valence-corrected chi connectivity index (χ1v) is 9.45. The quantitative estimate of drug-likeness (QED) is 0.298. The summed E-state index contributed by atoms with van der Waals surface area (Å²) in [7, 11) is 0.0319. The molecule has 0 fully saturated rings. The molecule has 18 heavy (non-hydrogen) atoms. The van der Waals surface area contributed by atoms with Crippen LogP contribution in [-0.4, -0.2) is 18.5 Å². The molecule has 6 heteroatoms. The van der Waals surface area contributed by atoms with E-state index in [9.17, 15) is 0 Å². The van der Waals surface area contributed by atoms with Gasteiger partial charge in [0.05, 0.1) is 25.1 Å². The Balaban J connectivity index is 3.03. The van der Waals surface area contributed by atoms with E-state index in [0.29, 0.717) is 20.1 Å². The second kappa shape index (κ2) is 7.77. The van der Waals surface area contributed by atoms with Gasteiger partial charge < -0.3 is 0 Å². The molecule has 0 atom stereocenters. The van der Waals surface area contributed by atoms with E-state index in [1.54, 1.807) is 0 Å². The Bertz CT molecular complexity index is 400. The van der Waals surface area contributed by atoms with Crippen LogP contribution in [0.25, 0.3) is 0 Å². The molecule has 0 heterocycles. The predicted octanol–water partition coefficient (Wildman–Crippen LogP) is 7.02. The zero-order valence-electron chi connectivity index (χ0n) is 10.2. The fourth-order valence-electron chi connectivity index (χ4n) is 1.68. The van der Waals surface area contributed by atoms with Crippen molar-refractivity contribution >= 4 is 65.9 Å². The van der Waals surface area contributed by atoms with Gasteiger partial charge in [0.25, 0.3) is 0 Å². The van der Waals surface area contributed by atoms with Gasteiger partial charge in [0.2, 0.25) is 0 Å². The first-order chi connectivity index (χ1) is 8.43. The molecule has 0 aliphatic carbocycles. The van der Waals surface area contributed by atoms with Gasteiger partial charge in [-0.1, -0.05) is 71.9 Å². The van der Waals surface area contributed by atoms with E-state index in [1.165, 1.54) is 12.3 Å². The third-order valence-corrected chi connectivity index (χ3v) is 7.87. The highest BCUT2D eigenvalue weighted by Gasteiger charge is 2.19. The fourth-order valence-corrected chi connectivity index (χ4v) is 4.67. The maximum absolute atomic E-state index is 6.19. The molecule has 0 amide bonds. The van der Waals surface area contributed by atoms with Crippen LogP contribution in [0.4, 0.5) is 0 Å². The van der Waals surface area contributed by atoms with Crippen molar-refractivity contribution in [3.63, 3.8) is 0 Å². The maximum Gasteiger partial charge on any atom is 0.0809 e. The Kier molecular flexibility index (Phi) is 7.40. The van der Waals surface area contributed by atoms with Gasteiger partial charge in [-0.3, -0.25) is 0 Å². The molecule has 0 saturated heterocycles. The monoisotopic (exact) mass is 364 g/mol. The lowest BCUT2D eigenvalue weighted by atomic mass is 10.1. The molecule has 0 nitrogen and oxygen atoms in total. The highest BCUT2D eigenvalue weighted by Crippen LogP contribution is 2.45. The molecular formula is C12H14Cl5P. The van der Waals surface area contributed by atoms with E-state index in [0.717, 1.165) is 18.1 Å². The molecule has 0 radical (unpaired) electrons. The third kappa shape index (κ3) is 3.81. The number of halogens is 5. The summed E-state index contributed by atoms with van der Waals surface area (Å²) in [5, 5.41) is 1.67. The second-order valence-electron chi connectivity index (χ2n) is 3.83. The topological polar surface area (TPSA) is 0 Å². The van der Waals surface area contributed by atoms with Crippen molar-refractivity contribution < 1.29 is 0 Å². The lowest BCUT2D eigenvalue weighted by molar-refractivity contribution is 1.13. The largest absolute Gasteiger partial charge is 0.107 e. The van der Waals surface area contributed by atoms with Gasteiger partial charge in [-0.15, -0.1) is 7.92 Å². The molecular weight excluding hydrogens is 352 g/mol. The summed E-state index contributed by atoms with van der Waals surface area (Å²) in [6.07, 6.45) is 4.28. The van der Waals surface area contributed by atoms with Crippen LogP contribution < -0.4 is 0 Å². The molecule has 0 aromatic heterocycles. The lowest BCUT2D eigenvalue weighted by Gasteiger charge is -2.16. The van der Waals surface area contributed by atoms with Crippen LogP contribution in [0.5, 0.6) is 0 Å². The first kappa shape index (κ1) is 17.2. The minimum atomic E-state index is 0.0319. The Labute approximate surface area is 135 Å². The third-order valence-electron chi connectivity index (χ3n) is 2.87. The Hall–Kier alpha value is 1.10. The normalized spacial score (nSPS) is 11.3. The summed E-state index contributed by atoms with van der Waals surface area (Å²) in [4.78, 5) is 0. The lowest BCUT2D eigenvalue weighted by Crippen LogP contribution is -1.98. The summed E-state index contributed by atoms with van der Waals surface area (Å²) in [5.74, 6) is 0. The van der Waals surface area contributed by atoms with Crippen LogP contribution in [0, 0.1) is 0 Å². The Morgan fingerprint density at radius 2 is 1.11 bits per heavy atom. The zero-order valence-corrected chi connectivity index (χ0v) is 14.8. The number of hydrogen-bond donors (Lipinski definition) is 0. The highest BCUT2D eigenvalue weighted by molar-refractivity contribution is 7.57. The second-order valence-corrected chi connectivity index (χ2v) is 8.77. The summed E-state index contributed by atoms with van der Waals surface area (Å²) in [6, 6.07) is 0. The van der Waals surface area contributed by atoms with Crippen molar-refractivity contribution in [2.45, 2.75) is 20.3 Å². The van der Waals surface area contributed by atoms with Crippen molar-refractivity contribution in [3.8, 4) is 0 Å². The number of benzene rings is 1. The minimum Gasteiger partial charge on any atom is -0.107 e. The summed E-state index contributed by atoms with van der Waals surface area (Å²) in [6.45, 7) is 4.42. The van der Waals surface area contributed by atoms with Gasteiger partial charge in [0.1, 0.15) is 0 Å². The molecule has 0 aliphatic rings. The zero-order chi connectivity index (χ0) is 13.9. The number of rotatable bonds is 5. The molecule has 0 bridgehead atoms. The smallest absolute Gasteiger partial charge is 0.0809 e. The van der Waals surface area contributed by atoms with Crippen molar-refractivity contribution in [1.82, 2.24) is 0 Å². The minimum absolute atomic E-state index is 0.0319. The molecule has 102 valence electrons. The average molecular weight is 366 g/mol. The van der Waals surface area contributed by atoms with Gasteiger partial charge in [-0.2, -0.15) is 0 Å². The molecule has 0 N–H and O–H groups in total. The molecule has 0 spiro atoms. The van der Waals surface area contributed by atoms with Crippen LogP contribution in [0.15, 0.2) is 0 Å². The van der Waals surface area contributed by atoms with Crippen molar-refractivity contribution in [1.29, 1.82) is 0 Å². The van der Waals surface area contributed by atoms with E-state index in [2.05, 4.69) is 13.8 Å². The van der Waals surface area contributed by atoms with Crippen LogP contribution >= 0.6 is 65.9 Å². The molecule has 0 unspecified atom stereocenters. The van der Waals surface area contributed by atoms with E-state index < -0.39 is 0 Å². The maximum atomic E-state index is 6.19. The number of hydrogen-bond acceptors (Lipinski definition) is 0. The molecule has 1 aromatic carbocycles. The van der Waals surface area contributed by atoms with Gasteiger partial charge in [0.15, 0.2) is 0 Å². The van der Waals surface area contributed by atoms with E-state index in [1.807, 2.05) is 0 Å².